The van der Waals surface area contributed by atoms with E-state index in [0.29, 0.717) is 6.61 Å². The molecule has 2 nitrogen and oxygen atoms in total. The van der Waals surface area contributed by atoms with Crippen LogP contribution in [0.2, 0.25) is 0 Å². The van der Waals surface area contributed by atoms with Gasteiger partial charge in [-0.15, -0.1) is 11.6 Å². The molecule has 1 fully saturated rings. The highest BCUT2D eigenvalue weighted by Gasteiger charge is 2.49. The molecule has 1 N–H and O–H groups in total. The van der Waals surface area contributed by atoms with E-state index in [9.17, 15) is 0 Å². The summed E-state index contributed by atoms with van der Waals surface area (Å²) in [6.45, 7) is 3.68. The number of benzene rings is 1. The summed E-state index contributed by atoms with van der Waals surface area (Å²) in [5.41, 5.74) is 2.46. The molecule has 3 atom stereocenters. The number of ether oxygens (including phenoxy) is 1. The molecule has 80 valence electrons. The van der Waals surface area contributed by atoms with Gasteiger partial charge in [-0.1, -0.05) is 24.3 Å². The minimum absolute atomic E-state index is 0.0172. The summed E-state index contributed by atoms with van der Waals surface area (Å²) in [6, 6.07) is 8.42. The molecule has 0 aliphatic carbocycles. The normalized spacial score (nSPS) is 38.5. The maximum absolute atomic E-state index is 6.31. The van der Waals surface area contributed by atoms with E-state index in [2.05, 4.69) is 36.5 Å². The molecule has 2 heterocycles. The van der Waals surface area contributed by atoms with Gasteiger partial charge in [-0.05, 0) is 18.1 Å². The van der Waals surface area contributed by atoms with Gasteiger partial charge in [0.15, 0.2) is 0 Å². The molecule has 0 amide bonds. The standard InChI is InChI=1S/C12H14ClNO/c1-12-7-14-11(13)10(12)9-5-3-2-4-8(9)6-15-12/h2-5,10-11,14H,6-7H2,1H3. The summed E-state index contributed by atoms with van der Waals surface area (Å²) in [6.07, 6.45) is 0. The van der Waals surface area contributed by atoms with Crippen molar-refractivity contribution in [3.05, 3.63) is 35.4 Å². The molecule has 3 unspecified atom stereocenters. The van der Waals surface area contributed by atoms with Crippen molar-refractivity contribution in [1.29, 1.82) is 0 Å². The SMILES string of the molecule is CC12CNC(Cl)C1c1ccccc1CO2. The zero-order chi connectivity index (χ0) is 10.5. The monoisotopic (exact) mass is 223 g/mol. The van der Waals surface area contributed by atoms with Gasteiger partial charge in [0.25, 0.3) is 0 Å². The fourth-order valence-corrected chi connectivity index (χ4v) is 3.16. The van der Waals surface area contributed by atoms with Gasteiger partial charge < -0.3 is 4.74 Å². The number of hydrogen-bond acceptors (Lipinski definition) is 2. The van der Waals surface area contributed by atoms with E-state index >= 15 is 0 Å². The molecule has 0 radical (unpaired) electrons. The van der Waals surface area contributed by atoms with Crippen LogP contribution in [0.3, 0.4) is 0 Å². The van der Waals surface area contributed by atoms with E-state index in [4.69, 9.17) is 16.3 Å². The van der Waals surface area contributed by atoms with Crippen molar-refractivity contribution in [2.24, 2.45) is 0 Å². The number of nitrogens with one attached hydrogen (secondary N) is 1. The van der Waals surface area contributed by atoms with E-state index in [-0.39, 0.29) is 17.0 Å². The number of fused-ring (bicyclic) bond motifs is 3. The summed E-state index contributed by atoms with van der Waals surface area (Å²) in [7, 11) is 0. The number of hydrogen-bond donors (Lipinski definition) is 1. The van der Waals surface area contributed by atoms with Crippen LogP contribution >= 0.6 is 11.6 Å². The Morgan fingerprint density at radius 1 is 1.47 bits per heavy atom. The first-order chi connectivity index (χ1) is 7.21. The van der Waals surface area contributed by atoms with Crippen LogP contribution in [0.4, 0.5) is 0 Å². The van der Waals surface area contributed by atoms with Crippen LogP contribution in [0.1, 0.15) is 24.0 Å². The third-order valence-corrected chi connectivity index (χ3v) is 3.95. The predicted octanol–water partition coefficient (Wildman–Crippen LogP) is 2.23. The van der Waals surface area contributed by atoms with Crippen LogP contribution in [-0.2, 0) is 11.3 Å². The Bertz CT molecular complexity index is 395. The molecule has 1 aromatic rings. The summed E-state index contributed by atoms with van der Waals surface area (Å²) in [5, 5.41) is 3.28. The van der Waals surface area contributed by atoms with Crippen molar-refractivity contribution < 1.29 is 4.74 Å². The Morgan fingerprint density at radius 2 is 2.27 bits per heavy atom. The Kier molecular flexibility index (Phi) is 2.06. The average Bonchev–Trinajstić information content (AvgIpc) is 2.56. The van der Waals surface area contributed by atoms with E-state index in [0.717, 1.165) is 6.54 Å². The smallest absolute Gasteiger partial charge is 0.0924 e. The second-order valence-electron chi connectivity index (χ2n) is 4.56. The summed E-state index contributed by atoms with van der Waals surface area (Å²) in [5.74, 6) is 0.268. The molecule has 2 aliphatic heterocycles. The third kappa shape index (κ3) is 1.32. The Morgan fingerprint density at radius 3 is 3.13 bits per heavy atom. The summed E-state index contributed by atoms with van der Waals surface area (Å²) >= 11 is 6.31. The maximum Gasteiger partial charge on any atom is 0.0924 e. The van der Waals surface area contributed by atoms with Gasteiger partial charge in [0.2, 0.25) is 0 Å². The molecule has 0 spiro atoms. The van der Waals surface area contributed by atoms with Crippen molar-refractivity contribution in [2.75, 3.05) is 6.54 Å². The van der Waals surface area contributed by atoms with Gasteiger partial charge in [0.1, 0.15) is 0 Å². The van der Waals surface area contributed by atoms with Crippen molar-refractivity contribution in [2.45, 2.75) is 30.6 Å². The van der Waals surface area contributed by atoms with Crippen molar-refractivity contribution in [3.63, 3.8) is 0 Å². The first-order valence-electron chi connectivity index (χ1n) is 5.30. The Hall–Kier alpha value is -0.570. The van der Waals surface area contributed by atoms with Crippen LogP contribution in [0, 0.1) is 0 Å². The van der Waals surface area contributed by atoms with Crippen molar-refractivity contribution in [3.8, 4) is 0 Å². The predicted molar refractivity (Wildman–Crippen MR) is 60.0 cm³/mol. The van der Waals surface area contributed by atoms with Gasteiger partial charge in [0.05, 0.1) is 17.7 Å². The molecule has 15 heavy (non-hydrogen) atoms. The van der Waals surface area contributed by atoms with E-state index in [1.807, 2.05) is 0 Å². The van der Waals surface area contributed by atoms with Crippen LogP contribution in [0.25, 0.3) is 0 Å². The first-order valence-corrected chi connectivity index (χ1v) is 5.73. The Labute approximate surface area is 94.6 Å². The second kappa shape index (κ2) is 3.21. The zero-order valence-corrected chi connectivity index (χ0v) is 9.42. The molecule has 3 heteroatoms. The lowest BCUT2D eigenvalue weighted by Gasteiger charge is -2.37. The van der Waals surface area contributed by atoms with Crippen molar-refractivity contribution >= 4 is 11.6 Å². The molecule has 0 saturated carbocycles. The largest absolute Gasteiger partial charge is 0.369 e. The quantitative estimate of drug-likeness (QED) is 0.538. The lowest BCUT2D eigenvalue weighted by Crippen LogP contribution is -2.40. The third-order valence-electron chi connectivity index (χ3n) is 3.55. The number of alkyl halides is 1. The van der Waals surface area contributed by atoms with E-state index < -0.39 is 0 Å². The van der Waals surface area contributed by atoms with Crippen LogP contribution < -0.4 is 5.32 Å². The molecule has 2 aliphatic rings. The van der Waals surface area contributed by atoms with E-state index in [1.54, 1.807) is 0 Å². The Balaban J connectivity index is 2.12. The maximum atomic E-state index is 6.31. The summed E-state index contributed by atoms with van der Waals surface area (Å²) in [4.78, 5) is 0. The highest BCUT2D eigenvalue weighted by molar-refractivity contribution is 6.21. The second-order valence-corrected chi connectivity index (χ2v) is 5.03. The van der Waals surface area contributed by atoms with Gasteiger partial charge in [-0.3, -0.25) is 5.32 Å². The zero-order valence-electron chi connectivity index (χ0n) is 8.66. The molecule has 0 aromatic heterocycles. The highest BCUT2D eigenvalue weighted by Crippen LogP contribution is 2.45. The van der Waals surface area contributed by atoms with Gasteiger partial charge in [0, 0.05) is 12.5 Å². The van der Waals surface area contributed by atoms with Crippen LogP contribution in [0.5, 0.6) is 0 Å². The number of halogens is 1. The minimum atomic E-state index is -0.138. The van der Waals surface area contributed by atoms with Crippen molar-refractivity contribution in [1.82, 2.24) is 5.32 Å². The molecule has 1 saturated heterocycles. The molecular formula is C12H14ClNO. The van der Waals surface area contributed by atoms with Gasteiger partial charge >= 0.3 is 0 Å². The lowest BCUT2D eigenvalue weighted by atomic mass is 9.81. The van der Waals surface area contributed by atoms with Gasteiger partial charge in [-0.25, -0.2) is 0 Å². The first kappa shape index (κ1) is 9.64. The molecule has 0 bridgehead atoms. The fourth-order valence-electron chi connectivity index (χ4n) is 2.68. The topological polar surface area (TPSA) is 21.3 Å². The minimum Gasteiger partial charge on any atom is -0.369 e. The lowest BCUT2D eigenvalue weighted by molar-refractivity contribution is -0.0527. The van der Waals surface area contributed by atoms with Crippen LogP contribution in [-0.4, -0.2) is 17.6 Å². The molecule has 3 rings (SSSR count). The van der Waals surface area contributed by atoms with E-state index in [1.165, 1.54) is 11.1 Å². The summed E-state index contributed by atoms with van der Waals surface area (Å²) < 4.78 is 5.94. The highest BCUT2D eigenvalue weighted by atomic mass is 35.5. The molecule has 1 aromatic carbocycles. The fraction of sp³-hybridized carbons (Fsp3) is 0.500. The number of rotatable bonds is 0. The average molecular weight is 224 g/mol. The molecular weight excluding hydrogens is 210 g/mol. The van der Waals surface area contributed by atoms with Crippen LogP contribution in [0.15, 0.2) is 24.3 Å². The van der Waals surface area contributed by atoms with Gasteiger partial charge in [-0.2, -0.15) is 0 Å².